The Kier molecular flexibility index (Phi) is 5.08. The second-order valence-corrected chi connectivity index (χ2v) is 7.83. The van der Waals surface area contributed by atoms with Gasteiger partial charge in [-0.1, -0.05) is 0 Å². The smallest absolute Gasteiger partial charge is 0.264 e. The van der Waals surface area contributed by atoms with Crippen LogP contribution in [0.15, 0.2) is 30.3 Å². The van der Waals surface area contributed by atoms with Crippen molar-refractivity contribution >= 4 is 28.7 Å². The first-order chi connectivity index (χ1) is 13.8. The lowest BCUT2D eigenvalue weighted by Gasteiger charge is -2.37. The number of likely N-dealkylation sites (N-methyl/N-ethyl adjacent to an activating group) is 1. The van der Waals surface area contributed by atoms with Crippen molar-refractivity contribution in [1.82, 2.24) is 0 Å². The number of benzene rings is 2. The number of aryl methyl sites for hydroxylation is 1. The molecule has 1 saturated heterocycles. The molecule has 6 nitrogen and oxygen atoms in total. The number of carbonyl (C=O) groups is 1. The van der Waals surface area contributed by atoms with Crippen molar-refractivity contribution in [2.45, 2.75) is 33.0 Å². The van der Waals surface area contributed by atoms with Crippen LogP contribution in [0.5, 0.6) is 5.75 Å². The monoisotopic (exact) mass is 399 g/mol. The quantitative estimate of drug-likeness (QED) is 0.850. The summed E-state index contributed by atoms with van der Waals surface area (Å²) in [6.45, 7) is 7.88. The summed E-state index contributed by atoms with van der Waals surface area (Å²) in [4.78, 5) is 15.4. The van der Waals surface area contributed by atoms with Gasteiger partial charge in [-0.05, 0) is 50.6 Å². The van der Waals surface area contributed by atoms with Crippen LogP contribution in [0.1, 0.15) is 19.4 Å². The van der Waals surface area contributed by atoms with Gasteiger partial charge in [0.2, 0.25) is 0 Å². The second-order valence-electron chi connectivity index (χ2n) is 7.83. The van der Waals surface area contributed by atoms with Crippen LogP contribution in [0.25, 0.3) is 0 Å². The van der Waals surface area contributed by atoms with E-state index in [1.54, 1.807) is 13.1 Å². The van der Waals surface area contributed by atoms with Crippen LogP contribution in [0.4, 0.5) is 27.1 Å². The maximum atomic E-state index is 14.6. The molecule has 0 spiro atoms. The van der Waals surface area contributed by atoms with Crippen molar-refractivity contribution < 1.29 is 18.7 Å². The van der Waals surface area contributed by atoms with E-state index in [1.165, 1.54) is 16.7 Å². The lowest BCUT2D eigenvalue weighted by Crippen LogP contribution is -2.45. The first-order valence-corrected chi connectivity index (χ1v) is 9.83. The molecule has 1 amide bonds. The molecule has 1 N–H and O–H groups in total. The molecule has 2 aromatic carbocycles. The number of carbonyl (C=O) groups excluding carboxylic acids is 1. The Hall–Kier alpha value is -2.80. The van der Waals surface area contributed by atoms with Gasteiger partial charge >= 0.3 is 0 Å². The van der Waals surface area contributed by atoms with Gasteiger partial charge in [0.05, 0.1) is 12.2 Å². The number of nitrogens with zero attached hydrogens (tertiary/aromatic N) is 2. The van der Waals surface area contributed by atoms with Crippen LogP contribution < -0.4 is 19.9 Å². The maximum Gasteiger partial charge on any atom is 0.264 e. The minimum absolute atomic E-state index is 0.0867. The Morgan fingerprint density at radius 3 is 2.52 bits per heavy atom. The zero-order chi connectivity index (χ0) is 20.7. The highest BCUT2D eigenvalue weighted by Gasteiger charge is 2.27. The molecule has 0 aromatic heterocycles. The number of halogens is 1. The molecule has 7 heteroatoms. The third-order valence-electron chi connectivity index (χ3n) is 5.33. The predicted molar refractivity (Wildman–Crippen MR) is 112 cm³/mol. The molecule has 0 saturated carbocycles. The first-order valence-electron chi connectivity index (χ1n) is 9.83. The van der Waals surface area contributed by atoms with E-state index < -0.39 is 5.82 Å². The SMILES string of the molecule is Cc1cc(Nc2cc(F)c3c(c2)OCC(=O)N3C)ccc1N1CC(C)OC(C)C1. The summed E-state index contributed by atoms with van der Waals surface area (Å²) in [5, 5.41) is 3.24. The van der Waals surface area contributed by atoms with Crippen LogP contribution >= 0.6 is 0 Å². The Labute approximate surface area is 170 Å². The lowest BCUT2D eigenvalue weighted by molar-refractivity contribution is -0.121. The molecular formula is C22H26FN3O3. The second kappa shape index (κ2) is 7.55. The van der Waals surface area contributed by atoms with E-state index in [9.17, 15) is 9.18 Å². The van der Waals surface area contributed by atoms with Crippen molar-refractivity contribution in [1.29, 1.82) is 0 Å². The highest BCUT2D eigenvalue weighted by Crippen LogP contribution is 2.37. The van der Waals surface area contributed by atoms with Gasteiger partial charge in [0, 0.05) is 43.3 Å². The normalized spacial score (nSPS) is 21.6. The zero-order valence-electron chi connectivity index (χ0n) is 17.2. The molecule has 1 fully saturated rings. The van der Waals surface area contributed by atoms with Gasteiger partial charge in [0.25, 0.3) is 5.91 Å². The van der Waals surface area contributed by atoms with Gasteiger partial charge in [-0.15, -0.1) is 0 Å². The van der Waals surface area contributed by atoms with Crippen LogP contribution in [-0.2, 0) is 9.53 Å². The van der Waals surface area contributed by atoms with Crippen molar-refractivity contribution in [2.75, 3.05) is 41.9 Å². The lowest BCUT2D eigenvalue weighted by atomic mass is 10.1. The van der Waals surface area contributed by atoms with Gasteiger partial charge in [-0.25, -0.2) is 4.39 Å². The summed E-state index contributed by atoms with van der Waals surface area (Å²) in [5.74, 6) is -0.403. The summed E-state index contributed by atoms with van der Waals surface area (Å²) < 4.78 is 25.8. The molecule has 0 radical (unpaired) electrons. The summed E-state index contributed by atoms with van der Waals surface area (Å²) in [6.07, 6.45) is 0.388. The molecule has 154 valence electrons. The van der Waals surface area contributed by atoms with E-state index in [0.29, 0.717) is 11.4 Å². The van der Waals surface area contributed by atoms with Gasteiger partial charge in [0.15, 0.2) is 12.4 Å². The van der Waals surface area contributed by atoms with Crippen molar-refractivity contribution in [3.8, 4) is 5.75 Å². The van der Waals surface area contributed by atoms with Gasteiger partial charge in [0.1, 0.15) is 11.4 Å². The molecule has 29 heavy (non-hydrogen) atoms. The standard InChI is InChI=1S/C22H26FN3O3/c1-13-7-16(5-6-19(13)26-10-14(2)29-15(3)11-26)24-17-8-18(23)22-20(9-17)28-12-21(27)25(22)4/h5-9,14-15,24H,10-12H2,1-4H3. The van der Waals surface area contributed by atoms with E-state index in [2.05, 4.69) is 37.1 Å². The molecule has 2 aliphatic rings. The minimum Gasteiger partial charge on any atom is -0.481 e. The van der Waals surface area contributed by atoms with Crippen LogP contribution in [0.2, 0.25) is 0 Å². The first kappa shape index (κ1) is 19.5. The molecule has 4 rings (SSSR count). The van der Waals surface area contributed by atoms with Crippen LogP contribution in [0, 0.1) is 12.7 Å². The average molecular weight is 399 g/mol. The molecular weight excluding hydrogens is 373 g/mol. The Morgan fingerprint density at radius 1 is 1.10 bits per heavy atom. The maximum absolute atomic E-state index is 14.6. The number of ether oxygens (including phenoxy) is 2. The van der Waals surface area contributed by atoms with Crippen LogP contribution in [-0.4, -0.2) is 44.9 Å². The molecule has 0 aliphatic carbocycles. The van der Waals surface area contributed by atoms with Gasteiger partial charge in [-0.2, -0.15) is 0 Å². The van der Waals surface area contributed by atoms with Crippen LogP contribution in [0.3, 0.4) is 0 Å². The Balaban J connectivity index is 1.56. The molecule has 2 atom stereocenters. The van der Waals surface area contributed by atoms with E-state index in [0.717, 1.165) is 24.3 Å². The summed E-state index contributed by atoms with van der Waals surface area (Å²) in [5.41, 5.74) is 3.92. The highest BCUT2D eigenvalue weighted by atomic mass is 19.1. The van der Waals surface area contributed by atoms with Gasteiger partial charge in [-0.3, -0.25) is 4.79 Å². The molecule has 2 heterocycles. The largest absolute Gasteiger partial charge is 0.481 e. The number of rotatable bonds is 3. The highest BCUT2D eigenvalue weighted by molar-refractivity contribution is 5.98. The summed E-state index contributed by atoms with van der Waals surface area (Å²) in [7, 11) is 1.55. The van der Waals surface area contributed by atoms with Crippen molar-refractivity contribution in [3.63, 3.8) is 0 Å². The Morgan fingerprint density at radius 2 is 1.83 bits per heavy atom. The fraction of sp³-hybridized carbons (Fsp3) is 0.409. The number of fused-ring (bicyclic) bond motifs is 1. The van der Waals surface area contributed by atoms with E-state index >= 15 is 0 Å². The van der Waals surface area contributed by atoms with Crippen molar-refractivity contribution in [3.05, 3.63) is 41.7 Å². The number of nitrogens with one attached hydrogen (secondary N) is 1. The molecule has 0 bridgehead atoms. The Bertz CT molecular complexity index is 939. The average Bonchev–Trinajstić information content (AvgIpc) is 2.64. The molecule has 2 aliphatic heterocycles. The fourth-order valence-electron chi connectivity index (χ4n) is 4.07. The number of anilines is 4. The van der Waals surface area contributed by atoms with E-state index in [1.807, 2.05) is 12.1 Å². The summed E-state index contributed by atoms with van der Waals surface area (Å²) >= 11 is 0. The predicted octanol–water partition coefficient (Wildman–Crippen LogP) is 3.85. The fourth-order valence-corrected chi connectivity index (χ4v) is 4.07. The number of amides is 1. The number of morpholine rings is 1. The topological polar surface area (TPSA) is 54.0 Å². The third-order valence-corrected chi connectivity index (χ3v) is 5.33. The zero-order valence-corrected chi connectivity index (χ0v) is 17.2. The number of hydrogen-bond donors (Lipinski definition) is 1. The molecule has 2 unspecified atom stereocenters. The number of hydrogen-bond acceptors (Lipinski definition) is 5. The van der Waals surface area contributed by atoms with Crippen molar-refractivity contribution in [2.24, 2.45) is 0 Å². The molecule has 2 aromatic rings. The van der Waals surface area contributed by atoms with Gasteiger partial charge < -0.3 is 24.6 Å². The minimum atomic E-state index is -0.495. The van der Waals surface area contributed by atoms with E-state index in [-0.39, 0.29) is 30.4 Å². The summed E-state index contributed by atoms with van der Waals surface area (Å²) in [6, 6.07) is 9.22. The van der Waals surface area contributed by atoms with E-state index in [4.69, 9.17) is 9.47 Å². The third kappa shape index (κ3) is 3.87.